The van der Waals surface area contributed by atoms with Gasteiger partial charge in [-0.05, 0) is 24.8 Å². The quantitative estimate of drug-likeness (QED) is 0.589. The average molecular weight is 232 g/mol. The molecule has 1 fully saturated rings. The van der Waals surface area contributed by atoms with Crippen LogP contribution in [-0.2, 0) is 0 Å². The molecule has 12 heavy (non-hydrogen) atoms. The number of nitrogens with one attached hydrogen (secondary N) is 1. The zero-order valence-electron chi connectivity index (χ0n) is 6.66. The summed E-state index contributed by atoms with van der Waals surface area (Å²) < 4.78 is 13.3. The SMILES string of the molecule is FC(Cl)(Cl)SNC1CCCCC1. The highest BCUT2D eigenvalue weighted by Crippen LogP contribution is 2.35. The maximum Gasteiger partial charge on any atom is 0.318 e. The zero-order valence-corrected chi connectivity index (χ0v) is 8.98. The van der Waals surface area contributed by atoms with Crippen LogP contribution in [0.4, 0.5) is 4.39 Å². The lowest BCUT2D eigenvalue weighted by Gasteiger charge is -2.23. The van der Waals surface area contributed by atoms with Crippen molar-refractivity contribution in [3.05, 3.63) is 0 Å². The Hall–Kier alpha value is 0.820. The lowest BCUT2D eigenvalue weighted by molar-refractivity contribution is 0.419. The van der Waals surface area contributed by atoms with Gasteiger partial charge in [-0.1, -0.05) is 42.5 Å². The fraction of sp³-hybridized carbons (Fsp3) is 1.00. The van der Waals surface area contributed by atoms with Crippen LogP contribution in [0.15, 0.2) is 0 Å². The summed E-state index contributed by atoms with van der Waals surface area (Å²) in [7, 11) is 0. The number of hydrogen-bond acceptors (Lipinski definition) is 2. The molecule has 5 heteroatoms. The predicted octanol–water partition coefficient (Wildman–Crippen LogP) is 3.62. The Morgan fingerprint density at radius 1 is 1.25 bits per heavy atom. The van der Waals surface area contributed by atoms with Crippen molar-refractivity contribution in [1.82, 2.24) is 4.72 Å². The van der Waals surface area contributed by atoms with Crippen LogP contribution in [0.3, 0.4) is 0 Å². The highest BCUT2D eigenvalue weighted by Gasteiger charge is 2.25. The van der Waals surface area contributed by atoms with Gasteiger partial charge in [0.15, 0.2) is 0 Å². The van der Waals surface area contributed by atoms with Gasteiger partial charge in [0.2, 0.25) is 0 Å². The Bertz CT molecular complexity index is 134. The molecule has 72 valence electrons. The molecule has 1 aliphatic carbocycles. The Balaban J connectivity index is 2.13. The number of alkyl halides is 3. The molecule has 0 heterocycles. The number of halogens is 3. The fourth-order valence-corrected chi connectivity index (χ4v) is 2.17. The van der Waals surface area contributed by atoms with Crippen LogP contribution >= 0.6 is 35.1 Å². The molecule has 0 aromatic rings. The molecule has 0 atom stereocenters. The summed E-state index contributed by atoms with van der Waals surface area (Å²) in [6.45, 7) is 0. The van der Waals surface area contributed by atoms with Crippen molar-refractivity contribution in [1.29, 1.82) is 0 Å². The molecule has 1 rings (SSSR count). The molecule has 0 spiro atoms. The van der Waals surface area contributed by atoms with Crippen LogP contribution in [0, 0.1) is 0 Å². The first-order valence-corrected chi connectivity index (χ1v) is 5.65. The largest absolute Gasteiger partial charge is 0.318 e. The van der Waals surface area contributed by atoms with Crippen LogP contribution in [0.2, 0.25) is 0 Å². The van der Waals surface area contributed by atoms with Crippen molar-refractivity contribution in [2.45, 2.75) is 42.1 Å². The van der Waals surface area contributed by atoms with E-state index < -0.39 is 3.92 Å². The first kappa shape index (κ1) is 10.9. The second kappa shape index (κ2) is 4.89. The second-order valence-electron chi connectivity index (χ2n) is 3.00. The third-order valence-corrected chi connectivity index (χ3v) is 3.09. The first-order valence-electron chi connectivity index (χ1n) is 4.08. The van der Waals surface area contributed by atoms with Crippen LogP contribution in [0.5, 0.6) is 0 Å². The zero-order chi connectivity index (χ0) is 9.03. The second-order valence-corrected chi connectivity index (χ2v) is 5.69. The van der Waals surface area contributed by atoms with Crippen LogP contribution in [0.25, 0.3) is 0 Å². The molecule has 0 bridgehead atoms. The lowest BCUT2D eigenvalue weighted by Crippen LogP contribution is -2.27. The van der Waals surface area contributed by atoms with Gasteiger partial charge in [0.05, 0.1) is 0 Å². The molecule has 0 saturated heterocycles. The van der Waals surface area contributed by atoms with E-state index in [2.05, 4.69) is 4.72 Å². The standard InChI is InChI=1S/C7H12Cl2FNS/c8-7(9,10)12-11-6-4-2-1-3-5-6/h6,11H,1-5H2. The molecule has 1 N–H and O–H groups in total. The average Bonchev–Trinajstić information content (AvgIpc) is 2.02. The van der Waals surface area contributed by atoms with E-state index in [1.165, 1.54) is 19.3 Å². The van der Waals surface area contributed by atoms with Gasteiger partial charge in [0.1, 0.15) is 0 Å². The fourth-order valence-electron chi connectivity index (χ4n) is 1.37. The molecule has 0 aromatic carbocycles. The minimum absolute atomic E-state index is 0.372. The Morgan fingerprint density at radius 3 is 2.33 bits per heavy atom. The summed E-state index contributed by atoms with van der Waals surface area (Å²) in [5.74, 6) is 0. The minimum atomic E-state index is -2.20. The van der Waals surface area contributed by atoms with Crippen molar-refractivity contribution in [2.75, 3.05) is 0 Å². The molecule has 1 saturated carbocycles. The summed E-state index contributed by atoms with van der Waals surface area (Å²) in [4.78, 5) is 0. The van der Waals surface area contributed by atoms with E-state index in [4.69, 9.17) is 23.2 Å². The van der Waals surface area contributed by atoms with E-state index in [1.54, 1.807) is 0 Å². The van der Waals surface area contributed by atoms with E-state index in [9.17, 15) is 4.39 Å². The van der Waals surface area contributed by atoms with E-state index in [-0.39, 0.29) is 0 Å². The highest BCUT2D eigenvalue weighted by molar-refractivity contribution is 8.01. The first-order chi connectivity index (χ1) is 5.58. The summed E-state index contributed by atoms with van der Waals surface area (Å²) >= 11 is 11.1. The smallest absolute Gasteiger partial charge is 0.256 e. The van der Waals surface area contributed by atoms with Gasteiger partial charge in [0.25, 0.3) is 0 Å². The van der Waals surface area contributed by atoms with Gasteiger partial charge in [-0.2, -0.15) is 4.39 Å². The molecule has 0 radical (unpaired) electrons. The summed E-state index contributed by atoms with van der Waals surface area (Å²) in [6.07, 6.45) is 5.89. The van der Waals surface area contributed by atoms with Crippen molar-refractivity contribution in [3.8, 4) is 0 Å². The monoisotopic (exact) mass is 231 g/mol. The topological polar surface area (TPSA) is 12.0 Å². The molecular formula is C7H12Cl2FNS. The van der Waals surface area contributed by atoms with Gasteiger partial charge in [0, 0.05) is 6.04 Å². The van der Waals surface area contributed by atoms with Crippen LogP contribution < -0.4 is 4.72 Å². The Morgan fingerprint density at radius 2 is 1.83 bits per heavy atom. The molecule has 0 unspecified atom stereocenters. The van der Waals surface area contributed by atoms with Crippen LogP contribution in [0.1, 0.15) is 32.1 Å². The molecule has 1 nitrogen and oxygen atoms in total. The maximum atomic E-state index is 12.6. The molecule has 0 amide bonds. The Labute approximate surface area is 86.5 Å². The van der Waals surface area contributed by atoms with Gasteiger partial charge in [-0.15, -0.1) is 0 Å². The van der Waals surface area contributed by atoms with E-state index in [0.717, 1.165) is 24.8 Å². The molecule has 0 aromatic heterocycles. The summed E-state index contributed by atoms with van der Waals surface area (Å²) in [5.41, 5.74) is 0. The van der Waals surface area contributed by atoms with Crippen LogP contribution in [-0.4, -0.2) is 9.96 Å². The lowest BCUT2D eigenvalue weighted by atomic mass is 9.96. The van der Waals surface area contributed by atoms with Gasteiger partial charge in [-0.25, -0.2) is 0 Å². The molecule has 1 aliphatic rings. The van der Waals surface area contributed by atoms with E-state index >= 15 is 0 Å². The third-order valence-electron chi connectivity index (χ3n) is 1.95. The van der Waals surface area contributed by atoms with Gasteiger partial charge >= 0.3 is 3.92 Å². The molecular weight excluding hydrogens is 220 g/mol. The normalized spacial score (nSPS) is 21.2. The maximum absolute atomic E-state index is 12.6. The van der Waals surface area contributed by atoms with Gasteiger partial charge in [-0.3, -0.25) is 4.72 Å². The highest BCUT2D eigenvalue weighted by atomic mass is 35.5. The molecule has 0 aliphatic heterocycles. The van der Waals surface area contributed by atoms with Gasteiger partial charge < -0.3 is 0 Å². The minimum Gasteiger partial charge on any atom is -0.256 e. The van der Waals surface area contributed by atoms with Crippen molar-refractivity contribution < 1.29 is 4.39 Å². The van der Waals surface area contributed by atoms with Crippen molar-refractivity contribution >= 4 is 35.1 Å². The summed E-state index contributed by atoms with van der Waals surface area (Å²) in [6, 6.07) is 0.372. The van der Waals surface area contributed by atoms with E-state index in [0.29, 0.717) is 6.04 Å². The number of rotatable bonds is 3. The Kier molecular flexibility index (Phi) is 4.44. The predicted molar refractivity (Wildman–Crippen MR) is 53.1 cm³/mol. The van der Waals surface area contributed by atoms with Crippen molar-refractivity contribution in [3.63, 3.8) is 0 Å². The van der Waals surface area contributed by atoms with Crippen molar-refractivity contribution in [2.24, 2.45) is 0 Å². The third kappa shape index (κ3) is 4.75. The van der Waals surface area contributed by atoms with E-state index in [1.807, 2.05) is 0 Å². The number of hydrogen-bond donors (Lipinski definition) is 1. The summed E-state index contributed by atoms with van der Waals surface area (Å²) in [5, 5.41) is 0.